The van der Waals surface area contributed by atoms with Gasteiger partial charge in [-0.15, -0.1) is 0 Å². The van der Waals surface area contributed by atoms with Crippen molar-refractivity contribution in [2.45, 2.75) is 26.8 Å². The Bertz CT molecular complexity index is 413. The number of amides is 1. The lowest BCUT2D eigenvalue weighted by Gasteiger charge is -2.13. The SMILES string of the molecule is CCC(C(=O)NCc1cn[nH]c1C)/C(N)=N/O. The predicted molar refractivity (Wildman–Crippen MR) is 62.4 cm³/mol. The highest BCUT2D eigenvalue weighted by molar-refractivity contribution is 6.01. The molecule has 17 heavy (non-hydrogen) atoms. The topological polar surface area (TPSA) is 116 Å². The Labute approximate surface area is 99.1 Å². The molecule has 94 valence electrons. The molecule has 0 aliphatic heterocycles. The molecule has 1 aromatic heterocycles. The normalized spacial score (nSPS) is 13.4. The van der Waals surface area contributed by atoms with Crippen LogP contribution in [0.1, 0.15) is 24.6 Å². The Morgan fingerprint density at radius 3 is 2.94 bits per heavy atom. The molecular formula is C10H17N5O2. The van der Waals surface area contributed by atoms with E-state index in [0.717, 1.165) is 11.3 Å². The zero-order valence-corrected chi connectivity index (χ0v) is 9.90. The molecule has 5 N–H and O–H groups in total. The van der Waals surface area contributed by atoms with E-state index in [2.05, 4.69) is 20.7 Å². The summed E-state index contributed by atoms with van der Waals surface area (Å²) in [6.07, 6.45) is 2.13. The molecule has 0 bridgehead atoms. The zero-order chi connectivity index (χ0) is 12.8. The first-order chi connectivity index (χ1) is 8.10. The van der Waals surface area contributed by atoms with Crippen molar-refractivity contribution >= 4 is 11.7 Å². The van der Waals surface area contributed by atoms with Crippen molar-refractivity contribution in [3.63, 3.8) is 0 Å². The third-order valence-electron chi connectivity index (χ3n) is 2.58. The van der Waals surface area contributed by atoms with Crippen molar-refractivity contribution in [3.8, 4) is 0 Å². The van der Waals surface area contributed by atoms with Crippen LogP contribution in [-0.4, -0.2) is 27.1 Å². The lowest BCUT2D eigenvalue weighted by molar-refractivity contribution is -0.123. The van der Waals surface area contributed by atoms with Crippen molar-refractivity contribution in [2.24, 2.45) is 16.8 Å². The number of rotatable bonds is 5. The summed E-state index contributed by atoms with van der Waals surface area (Å²) in [5, 5.41) is 20.8. The van der Waals surface area contributed by atoms with Crippen LogP contribution in [0.2, 0.25) is 0 Å². The summed E-state index contributed by atoms with van der Waals surface area (Å²) in [4.78, 5) is 11.8. The number of carbonyl (C=O) groups excluding carboxylic acids is 1. The Balaban J connectivity index is 2.57. The molecule has 1 amide bonds. The van der Waals surface area contributed by atoms with Crippen molar-refractivity contribution < 1.29 is 10.0 Å². The number of H-pyrrole nitrogens is 1. The van der Waals surface area contributed by atoms with Crippen LogP contribution in [-0.2, 0) is 11.3 Å². The molecule has 0 saturated carbocycles. The number of nitrogens with one attached hydrogen (secondary N) is 2. The first-order valence-corrected chi connectivity index (χ1v) is 5.34. The molecule has 1 rings (SSSR count). The lowest BCUT2D eigenvalue weighted by atomic mass is 10.0. The fraction of sp³-hybridized carbons (Fsp3) is 0.500. The average molecular weight is 239 g/mol. The highest BCUT2D eigenvalue weighted by atomic mass is 16.4. The minimum absolute atomic E-state index is 0.0751. The number of hydrogen-bond donors (Lipinski definition) is 4. The smallest absolute Gasteiger partial charge is 0.231 e. The van der Waals surface area contributed by atoms with Crippen molar-refractivity contribution in [3.05, 3.63) is 17.5 Å². The first kappa shape index (κ1) is 13.0. The maximum atomic E-state index is 11.8. The quantitative estimate of drug-likeness (QED) is 0.252. The van der Waals surface area contributed by atoms with Gasteiger partial charge in [0.15, 0.2) is 5.84 Å². The Morgan fingerprint density at radius 2 is 2.47 bits per heavy atom. The van der Waals surface area contributed by atoms with E-state index in [4.69, 9.17) is 10.9 Å². The number of carbonyl (C=O) groups is 1. The third kappa shape index (κ3) is 3.20. The van der Waals surface area contributed by atoms with Gasteiger partial charge < -0.3 is 16.3 Å². The Kier molecular flexibility index (Phi) is 4.50. The van der Waals surface area contributed by atoms with Crippen LogP contribution in [0.5, 0.6) is 0 Å². The van der Waals surface area contributed by atoms with E-state index in [0.29, 0.717) is 13.0 Å². The monoisotopic (exact) mass is 239 g/mol. The standard InChI is InChI=1S/C10H17N5O2/c1-3-8(9(11)15-17)10(16)12-4-7-5-13-14-6(7)2/h5,8,17H,3-4H2,1-2H3,(H2,11,15)(H,12,16)(H,13,14). The molecule has 1 heterocycles. The molecule has 0 saturated heterocycles. The summed E-state index contributed by atoms with van der Waals surface area (Å²) in [5.41, 5.74) is 7.24. The molecule has 0 radical (unpaired) electrons. The molecule has 1 aromatic rings. The molecule has 0 spiro atoms. The van der Waals surface area contributed by atoms with Crippen LogP contribution in [0.25, 0.3) is 0 Å². The van der Waals surface area contributed by atoms with Crippen LogP contribution in [0.15, 0.2) is 11.4 Å². The predicted octanol–water partition coefficient (Wildman–Crippen LogP) is 0.107. The number of aromatic nitrogens is 2. The van der Waals surface area contributed by atoms with Gasteiger partial charge in [0.1, 0.15) is 0 Å². The second kappa shape index (κ2) is 5.88. The summed E-state index contributed by atoms with van der Waals surface area (Å²) >= 11 is 0. The van der Waals surface area contributed by atoms with Gasteiger partial charge in [-0.25, -0.2) is 0 Å². The Hall–Kier alpha value is -2.05. The number of aromatic amines is 1. The minimum atomic E-state index is -0.604. The largest absolute Gasteiger partial charge is 0.409 e. The van der Waals surface area contributed by atoms with E-state index < -0.39 is 5.92 Å². The van der Waals surface area contributed by atoms with Gasteiger partial charge in [-0.1, -0.05) is 12.1 Å². The first-order valence-electron chi connectivity index (χ1n) is 5.34. The van der Waals surface area contributed by atoms with Crippen LogP contribution >= 0.6 is 0 Å². The van der Waals surface area contributed by atoms with Gasteiger partial charge in [0.25, 0.3) is 0 Å². The molecule has 0 aliphatic carbocycles. The molecule has 7 heteroatoms. The number of hydrogen-bond acceptors (Lipinski definition) is 4. The van der Waals surface area contributed by atoms with Gasteiger partial charge >= 0.3 is 0 Å². The molecule has 0 fully saturated rings. The maximum absolute atomic E-state index is 11.8. The van der Waals surface area contributed by atoms with Crippen molar-refractivity contribution in [2.75, 3.05) is 0 Å². The molecule has 1 atom stereocenters. The molecular weight excluding hydrogens is 222 g/mol. The summed E-state index contributed by atoms with van der Waals surface area (Å²) in [6, 6.07) is 0. The number of oxime groups is 1. The number of nitrogens with zero attached hydrogens (tertiary/aromatic N) is 2. The van der Waals surface area contributed by atoms with Crippen LogP contribution < -0.4 is 11.1 Å². The van der Waals surface area contributed by atoms with Gasteiger partial charge in [-0.05, 0) is 13.3 Å². The van der Waals surface area contributed by atoms with Gasteiger partial charge in [0, 0.05) is 17.8 Å². The fourth-order valence-corrected chi connectivity index (χ4v) is 1.46. The minimum Gasteiger partial charge on any atom is -0.409 e. The van der Waals surface area contributed by atoms with Crippen molar-refractivity contribution in [1.29, 1.82) is 0 Å². The average Bonchev–Trinajstić information content (AvgIpc) is 2.72. The second-order valence-corrected chi connectivity index (χ2v) is 3.72. The van der Waals surface area contributed by atoms with E-state index in [1.165, 1.54) is 0 Å². The van der Waals surface area contributed by atoms with Crippen molar-refractivity contribution in [1.82, 2.24) is 15.5 Å². The van der Waals surface area contributed by atoms with Gasteiger partial charge in [-0.2, -0.15) is 5.10 Å². The highest BCUT2D eigenvalue weighted by Crippen LogP contribution is 2.05. The van der Waals surface area contributed by atoms with Gasteiger partial charge in [0.2, 0.25) is 5.91 Å². The van der Waals surface area contributed by atoms with E-state index >= 15 is 0 Å². The van der Waals surface area contributed by atoms with E-state index in [-0.39, 0.29) is 11.7 Å². The van der Waals surface area contributed by atoms with Crippen LogP contribution in [0.4, 0.5) is 0 Å². The summed E-state index contributed by atoms with van der Waals surface area (Å²) in [5.74, 6) is -0.940. The molecule has 1 unspecified atom stereocenters. The highest BCUT2D eigenvalue weighted by Gasteiger charge is 2.20. The molecule has 0 aliphatic rings. The van der Waals surface area contributed by atoms with Gasteiger partial charge in [0.05, 0.1) is 12.1 Å². The van der Waals surface area contributed by atoms with Gasteiger partial charge in [-0.3, -0.25) is 9.89 Å². The lowest BCUT2D eigenvalue weighted by Crippen LogP contribution is -2.38. The summed E-state index contributed by atoms with van der Waals surface area (Å²) < 4.78 is 0. The second-order valence-electron chi connectivity index (χ2n) is 3.72. The fourth-order valence-electron chi connectivity index (χ4n) is 1.46. The molecule has 7 nitrogen and oxygen atoms in total. The third-order valence-corrected chi connectivity index (χ3v) is 2.58. The number of nitrogens with two attached hydrogens (primary N) is 1. The zero-order valence-electron chi connectivity index (χ0n) is 9.90. The summed E-state index contributed by atoms with van der Waals surface area (Å²) in [6.45, 7) is 4.04. The molecule has 0 aromatic carbocycles. The maximum Gasteiger partial charge on any atom is 0.231 e. The van der Waals surface area contributed by atoms with Crippen LogP contribution in [0.3, 0.4) is 0 Å². The summed E-state index contributed by atoms with van der Waals surface area (Å²) in [7, 11) is 0. The van der Waals surface area contributed by atoms with Crippen LogP contribution in [0, 0.1) is 12.8 Å². The number of amidine groups is 1. The van der Waals surface area contributed by atoms with E-state index in [1.807, 2.05) is 6.92 Å². The number of aryl methyl sites for hydroxylation is 1. The van der Waals surface area contributed by atoms with E-state index in [9.17, 15) is 4.79 Å². The van der Waals surface area contributed by atoms with E-state index in [1.54, 1.807) is 13.1 Å². The Morgan fingerprint density at radius 1 is 1.76 bits per heavy atom.